The van der Waals surface area contributed by atoms with Crippen molar-refractivity contribution in [2.75, 3.05) is 13.1 Å². The highest BCUT2D eigenvalue weighted by Gasteiger charge is 2.30. The second-order valence-electron chi connectivity index (χ2n) is 6.10. The molecule has 2 rings (SSSR count). The fraction of sp³-hybridized carbons (Fsp3) is 0.812. The SMILES string of the molecule is CCC(C)n1ccc(CN(CC)C2CCCC2CN)n1. The lowest BCUT2D eigenvalue weighted by Gasteiger charge is -2.31. The Morgan fingerprint density at radius 2 is 2.25 bits per heavy atom. The van der Waals surface area contributed by atoms with Crippen molar-refractivity contribution in [1.29, 1.82) is 0 Å². The zero-order valence-electron chi connectivity index (χ0n) is 13.3. The van der Waals surface area contributed by atoms with Crippen LogP contribution in [0.4, 0.5) is 0 Å². The van der Waals surface area contributed by atoms with Crippen molar-refractivity contribution in [1.82, 2.24) is 14.7 Å². The summed E-state index contributed by atoms with van der Waals surface area (Å²) in [5.41, 5.74) is 7.12. The molecule has 0 amide bonds. The van der Waals surface area contributed by atoms with Crippen molar-refractivity contribution < 1.29 is 0 Å². The summed E-state index contributed by atoms with van der Waals surface area (Å²) < 4.78 is 2.10. The van der Waals surface area contributed by atoms with Crippen molar-refractivity contribution >= 4 is 0 Å². The monoisotopic (exact) mass is 278 g/mol. The Hall–Kier alpha value is -0.870. The summed E-state index contributed by atoms with van der Waals surface area (Å²) in [4.78, 5) is 2.56. The van der Waals surface area contributed by atoms with Gasteiger partial charge >= 0.3 is 0 Å². The van der Waals surface area contributed by atoms with E-state index in [1.807, 2.05) is 0 Å². The van der Waals surface area contributed by atoms with E-state index in [4.69, 9.17) is 10.8 Å². The van der Waals surface area contributed by atoms with E-state index in [1.54, 1.807) is 0 Å². The van der Waals surface area contributed by atoms with Crippen LogP contribution in [0.2, 0.25) is 0 Å². The molecule has 0 aliphatic heterocycles. The van der Waals surface area contributed by atoms with E-state index in [9.17, 15) is 0 Å². The zero-order chi connectivity index (χ0) is 14.5. The number of nitrogens with zero attached hydrogens (tertiary/aromatic N) is 3. The fourth-order valence-electron chi connectivity index (χ4n) is 3.34. The van der Waals surface area contributed by atoms with Gasteiger partial charge in [0.1, 0.15) is 0 Å². The molecule has 114 valence electrons. The predicted molar refractivity (Wildman–Crippen MR) is 83.5 cm³/mol. The third-order valence-electron chi connectivity index (χ3n) is 4.87. The average molecular weight is 278 g/mol. The molecule has 20 heavy (non-hydrogen) atoms. The van der Waals surface area contributed by atoms with Crippen LogP contribution in [0.5, 0.6) is 0 Å². The molecule has 3 unspecified atom stereocenters. The van der Waals surface area contributed by atoms with Crippen LogP contribution in [0.1, 0.15) is 58.2 Å². The van der Waals surface area contributed by atoms with E-state index in [-0.39, 0.29) is 0 Å². The first-order valence-electron chi connectivity index (χ1n) is 8.17. The Labute approximate surface area is 123 Å². The van der Waals surface area contributed by atoms with Crippen molar-refractivity contribution in [3.05, 3.63) is 18.0 Å². The predicted octanol–water partition coefficient (Wildman–Crippen LogP) is 2.80. The molecule has 4 nitrogen and oxygen atoms in total. The minimum atomic E-state index is 0.488. The topological polar surface area (TPSA) is 47.1 Å². The van der Waals surface area contributed by atoms with Gasteiger partial charge in [-0.1, -0.05) is 20.3 Å². The zero-order valence-corrected chi connectivity index (χ0v) is 13.3. The van der Waals surface area contributed by atoms with E-state index in [2.05, 4.69) is 42.6 Å². The Balaban J connectivity index is 2.01. The number of nitrogens with two attached hydrogens (primary N) is 1. The maximum atomic E-state index is 5.93. The lowest BCUT2D eigenvalue weighted by Crippen LogP contribution is -2.39. The van der Waals surface area contributed by atoms with Crippen molar-refractivity contribution in [3.8, 4) is 0 Å². The van der Waals surface area contributed by atoms with Gasteiger partial charge in [0.15, 0.2) is 0 Å². The third-order valence-corrected chi connectivity index (χ3v) is 4.87. The first kappa shape index (κ1) is 15.5. The molecule has 0 aromatic carbocycles. The molecule has 4 heteroatoms. The number of hydrogen-bond donors (Lipinski definition) is 1. The van der Waals surface area contributed by atoms with Crippen molar-refractivity contribution in [2.24, 2.45) is 11.7 Å². The molecule has 3 atom stereocenters. The molecule has 1 aliphatic rings. The van der Waals surface area contributed by atoms with E-state index < -0.39 is 0 Å². The van der Waals surface area contributed by atoms with Gasteiger partial charge in [-0.25, -0.2) is 0 Å². The summed E-state index contributed by atoms with van der Waals surface area (Å²) in [7, 11) is 0. The van der Waals surface area contributed by atoms with Gasteiger partial charge in [0.2, 0.25) is 0 Å². The summed E-state index contributed by atoms with van der Waals surface area (Å²) >= 11 is 0. The van der Waals surface area contributed by atoms with Gasteiger partial charge in [0.05, 0.1) is 5.69 Å². The first-order chi connectivity index (χ1) is 9.69. The summed E-state index contributed by atoms with van der Waals surface area (Å²) in [6, 6.07) is 3.31. The molecule has 0 bridgehead atoms. The van der Waals surface area contributed by atoms with Gasteiger partial charge in [0, 0.05) is 24.8 Å². The van der Waals surface area contributed by atoms with Crippen molar-refractivity contribution in [3.63, 3.8) is 0 Å². The minimum absolute atomic E-state index is 0.488. The molecule has 1 aromatic heterocycles. The molecule has 1 aromatic rings. The standard InChI is InChI=1S/C16H30N4/c1-4-13(3)20-10-9-15(18-20)12-19(5-2)16-8-6-7-14(16)11-17/h9-10,13-14,16H,4-8,11-12,17H2,1-3H3. The minimum Gasteiger partial charge on any atom is -0.330 e. The Kier molecular flexibility index (Phi) is 5.61. The highest BCUT2D eigenvalue weighted by atomic mass is 15.3. The van der Waals surface area contributed by atoms with Crippen LogP contribution in [-0.4, -0.2) is 33.8 Å². The Morgan fingerprint density at radius 1 is 1.45 bits per heavy atom. The van der Waals surface area contributed by atoms with Crippen LogP contribution in [-0.2, 0) is 6.54 Å². The second-order valence-corrected chi connectivity index (χ2v) is 6.10. The lowest BCUT2D eigenvalue weighted by atomic mass is 10.0. The highest BCUT2D eigenvalue weighted by Crippen LogP contribution is 2.30. The first-order valence-corrected chi connectivity index (χ1v) is 8.17. The third kappa shape index (κ3) is 3.41. The summed E-state index contributed by atoms with van der Waals surface area (Å²) in [5.74, 6) is 0.673. The average Bonchev–Trinajstić information content (AvgIpc) is 3.12. The molecule has 0 spiro atoms. The highest BCUT2D eigenvalue weighted by molar-refractivity contribution is 5.01. The quantitative estimate of drug-likeness (QED) is 0.834. The Bertz CT molecular complexity index is 401. The summed E-state index contributed by atoms with van der Waals surface area (Å²) in [6.45, 7) is 9.53. The lowest BCUT2D eigenvalue weighted by molar-refractivity contribution is 0.160. The van der Waals surface area contributed by atoms with Gasteiger partial charge in [-0.15, -0.1) is 0 Å². The fourth-order valence-corrected chi connectivity index (χ4v) is 3.34. The molecule has 1 saturated carbocycles. The van der Waals surface area contributed by atoms with E-state index in [0.29, 0.717) is 18.0 Å². The van der Waals surface area contributed by atoms with Crippen LogP contribution < -0.4 is 5.73 Å². The van der Waals surface area contributed by atoms with Crippen LogP contribution in [0, 0.1) is 5.92 Å². The molecular weight excluding hydrogens is 248 g/mol. The van der Waals surface area contributed by atoms with Crippen LogP contribution in [0.3, 0.4) is 0 Å². The van der Waals surface area contributed by atoms with Crippen molar-refractivity contribution in [2.45, 2.75) is 65.1 Å². The van der Waals surface area contributed by atoms with Gasteiger partial charge in [-0.3, -0.25) is 9.58 Å². The molecule has 1 heterocycles. The van der Waals surface area contributed by atoms with Gasteiger partial charge in [-0.05, 0) is 51.3 Å². The maximum Gasteiger partial charge on any atom is 0.0764 e. The molecule has 1 fully saturated rings. The molecule has 2 N–H and O–H groups in total. The summed E-state index contributed by atoms with van der Waals surface area (Å²) in [5, 5.41) is 4.73. The molecule has 0 radical (unpaired) electrons. The smallest absolute Gasteiger partial charge is 0.0764 e. The van der Waals surface area contributed by atoms with E-state index in [1.165, 1.54) is 25.0 Å². The molecule has 1 aliphatic carbocycles. The van der Waals surface area contributed by atoms with E-state index in [0.717, 1.165) is 26.1 Å². The van der Waals surface area contributed by atoms with Crippen LogP contribution >= 0.6 is 0 Å². The number of aromatic nitrogens is 2. The molecule has 0 saturated heterocycles. The second kappa shape index (κ2) is 7.23. The Morgan fingerprint density at radius 3 is 2.90 bits per heavy atom. The van der Waals surface area contributed by atoms with Gasteiger partial charge < -0.3 is 5.73 Å². The normalized spacial score (nSPS) is 24.4. The summed E-state index contributed by atoms with van der Waals surface area (Å²) in [6.07, 6.45) is 7.15. The maximum absolute atomic E-state index is 5.93. The largest absolute Gasteiger partial charge is 0.330 e. The number of hydrogen-bond acceptors (Lipinski definition) is 3. The number of rotatable bonds is 7. The van der Waals surface area contributed by atoms with Crippen LogP contribution in [0.15, 0.2) is 12.3 Å². The van der Waals surface area contributed by atoms with Gasteiger partial charge in [-0.2, -0.15) is 5.10 Å². The molecular formula is C16H30N4. The van der Waals surface area contributed by atoms with E-state index >= 15 is 0 Å². The van der Waals surface area contributed by atoms with Gasteiger partial charge in [0.25, 0.3) is 0 Å². The van der Waals surface area contributed by atoms with Crippen LogP contribution in [0.25, 0.3) is 0 Å².